The van der Waals surface area contributed by atoms with Gasteiger partial charge in [0.15, 0.2) is 11.5 Å². The lowest BCUT2D eigenvalue weighted by Gasteiger charge is -2.08. The minimum absolute atomic E-state index is 0.0872. The zero-order chi connectivity index (χ0) is 19.3. The van der Waals surface area contributed by atoms with E-state index in [1.807, 2.05) is 18.2 Å². The van der Waals surface area contributed by atoms with Gasteiger partial charge in [-0.15, -0.1) is 0 Å². The van der Waals surface area contributed by atoms with Gasteiger partial charge in [0.1, 0.15) is 0 Å². The third-order valence-corrected chi connectivity index (χ3v) is 5.62. The molecule has 2 aromatic rings. The number of benzene rings is 2. The van der Waals surface area contributed by atoms with Crippen LogP contribution in [0.25, 0.3) is 0 Å². The number of halogens is 1. The van der Waals surface area contributed by atoms with E-state index in [9.17, 15) is 13.2 Å². The van der Waals surface area contributed by atoms with Crippen molar-refractivity contribution < 1.29 is 22.7 Å². The molecular formula is C18H19ClN2O5S. The number of ether oxygens (including phenoxy) is 2. The second kappa shape index (κ2) is 8.60. The molecule has 0 aromatic heterocycles. The van der Waals surface area contributed by atoms with Crippen LogP contribution in [-0.2, 0) is 21.2 Å². The molecule has 1 aliphatic rings. The summed E-state index contributed by atoms with van der Waals surface area (Å²) in [6.45, 7) is 0.495. The van der Waals surface area contributed by atoms with Crippen molar-refractivity contribution in [3.8, 4) is 11.5 Å². The maximum atomic E-state index is 12.1. The fourth-order valence-corrected chi connectivity index (χ4v) is 3.88. The van der Waals surface area contributed by atoms with Gasteiger partial charge in [0.2, 0.25) is 22.7 Å². The van der Waals surface area contributed by atoms with Crippen LogP contribution in [0.15, 0.2) is 47.4 Å². The number of nitrogens with one attached hydrogen (secondary N) is 2. The van der Waals surface area contributed by atoms with Crippen molar-refractivity contribution in [2.45, 2.75) is 17.7 Å². The Morgan fingerprint density at radius 1 is 1.07 bits per heavy atom. The summed E-state index contributed by atoms with van der Waals surface area (Å²) in [6.07, 6.45) is 0.845. The van der Waals surface area contributed by atoms with E-state index in [1.54, 1.807) is 12.1 Å². The fourth-order valence-electron chi connectivity index (χ4n) is 2.55. The number of aryl methyl sites for hydroxylation is 1. The number of carbonyl (C=O) groups is 1. The SMILES string of the molecule is O=C(CCc1ccc2c(c1)OCO2)NCCNS(=O)(=O)c1cccc(Cl)c1. The molecule has 0 unspecified atom stereocenters. The normalized spacial score (nSPS) is 12.8. The second-order valence-corrected chi connectivity index (χ2v) is 8.10. The van der Waals surface area contributed by atoms with E-state index >= 15 is 0 Å². The molecule has 0 radical (unpaired) electrons. The zero-order valence-corrected chi connectivity index (χ0v) is 16.0. The molecule has 144 valence electrons. The molecule has 1 aliphatic heterocycles. The molecule has 0 atom stereocenters. The van der Waals surface area contributed by atoms with Crippen LogP contribution >= 0.6 is 11.6 Å². The largest absolute Gasteiger partial charge is 0.454 e. The number of hydrogen-bond donors (Lipinski definition) is 2. The quantitative estimate of drug-likeness (QED) is 0.650. The van der Waals surface area contributed by atoms with Crippen molar-refractivity contribution in [2.75, 3.05) is 19.9 Å². The van der Waals surface area contributed by atoms with Crippen LogP contribution in [-0.4, -0.2) is 34.2 Å². The van der Waals surface area contributed by atoms with Crippen molar-refractivity contribution in [2.24, 2.45) is 0 Å². The molecule has 0 saturated carbocycles. The van der Waals surface area contributed by atoms with E-state index in [-0.39, 0.29) is 30.7 Å². The molecule has 9 heteroatoms. The fraction of sp³-hybridized carbons (Fsp3) is 0.278. The minimum atomic E-state index is -3.65. The molecule has 1 heterocycles. The highest BCUT2D eigenvalue weighted by atomic mass is 35.5. The third-order valence-electron chi connectivity index (χ3n) is 3.92. The van der Waals surface area contributed by atoms with Crippen molar-refractivity contribution in [1.29, 1.82) is 0 Å². The van der Waals surface area contributed by atoms with Gasteiger partial charge < -0.3 is 14.8 Å². The summed E-state index contributed by atoms with van der Waals surface area (Å²) in [5.74, 6) is 1.23. The van der Waals surface area contributed by atoms with Crippen molar-refractivity contribution in [3.05, 3.63) is 53.1 Å². The Morgan fingerprint density at radius 3 is 2.70 bits per heavy atom. The Hall–Kier alpha value is -2.29. The summed E-state index contributed by atoms with van der Waals surface area (Å²) in [6, 6.07) is 11.6. The van der Waals surface area contributed by atoms with Gasteiger partial charge in [-0.1, -0.05) is 23.7 Å². The predicted octanol–water partition coefficient (Wildman–Crippen LogP) is 2.10. The van der Waals surface area contributed by atoms with Crippen LogP contribution in [0.1, 0.15) is 12.0 Å². The Labute approximate surface area is 162 Å². The first-order chi connectivity index (χ1) is 12.9. The topological polar surface area (TPSA) is 93.7 Å². The first-order valence-electron chi connectivity index (χ1n) is 8.34. The monoisotopic (exact) mass is 410 g/mol. The maximum Gasteiger partial charge on any atom is 0.240 e. The standard InChI is InChI=1S/C18H19ClN2O5S/c19-14-2-1-3-15(11-14)27(23,24)21-9-8-20-18(22)7-5-13-4-6-16-17(10-13)26-12-25-16/h1-4,6,10-11,21H,5,7-9,12H2,(H,20,22). The van der Waals surface area contributed by atoms with Gasteiger partial charge in [-0.25, -0.2) is 13.1 Å². The molecule has 0 saturated heterocycles. The summed E-state index contributed by atoms with van der Waals surface area (Å²) in [5, 5.41) is 3.04. The van der Waals surface area contributed by atoms with Gasteiger partial charge in [0.25, 0.3) is 0 Å². The average Bonchev–Trinajstić information content (AvgIpc) is 3.11. The molecule has 0 spiro atoms. The number of amides is 1. The van der Waals surface area contributed by atoms with E-state index in [4.69, 9.17) is 21.1 Å². The summed E-state index contributed by atoms with van der Waals surface area (Å²) in [7, 11) is -3.65. The molecule has 3 rings (SSSR count). The molecule has 0 aliphatic carbocycles. The second-order valence-electron chi connectivity index (χ2n) is 5.89. The summed E-state index contributed by atoms with van der Waals surface area (Å²) < 4.78 is 37.2. The molecule has 0 bridgehead atoms. The lowest BCUT2D eigenvalue weighted by Crippen LogP contribution is -2.34. The van der Waals surface area contributed by atoms with Crippen LogP contribution in [0.2, 0.25) is 5.02 Å². The van der Waals surface area contributed by atoms with Gasteiger partial charge in [-0.05, 0) is 42.3 Å². The summed E-state index contributed by atoms with van der Waals surface area (Å²) in [5.41, 5.74) is 0.969. The minimum Gasteiger partial charge on any atom is -0.454 e. The van der Waals surface area contributed by atoms with E-state index in [2.05, 4.69) is 10.0 Å². The number of hydrogen-bond acceptors (Lipinski definition) is 5. The molecule has 7 nitrogen and oxygen atoms in total. The lowest BCUT2D eigenvalue weighted by molar-refractivity contribution is -0.121. The molecule has 0 fully saturated rings. The van der Waals surface area contributed by atoms with Gasteiger partial charge in [0.05, 0.1) is 4.90 Å². The highest BCUT2D eigenvalue weighted by molar-refractivity contribution is 7.89. The molecule has 2 N–H and O–H groups in total. The van der Waals surface area contributed by atoms with Crippen LogP contribution in [0.3, 0.4) is 0 Å². The van der Waals surface area contributed by atoms with E-state index < -0.39 is 10.0 Å². The lowest BCUT2D eigenvalue weighted by atomic mass is 10.1. The van der Waals surface area contributed by atoms with Crippen molar-refractivity contribution in [1.82, 2.24) is 10.0 Å². The van der Waals surface area contributed by atoms with Gasteiger partial charge in [-0.2, -0.15) is 0 Å². The van der Waals surface area contributed by atoms with Crippen LogP contribution in [0, 0.1) is 0 Å². The van der Waals surface area contributed by atoms with Crippen LogP contribution in [0.5, 0.6) is 11.5 Å². The number of fused-ring (bicyclic) bond motifs is 1. The van der Waals surface area contributed by atoms with Crippen LogP contribution < -0.4 is 19.5 Å². The first kappa shape index (κ1) is 19.5. The predicted molar refractivity (Wildman–Crippen MR) is 101 cm³/mol. The molecule has 2 aromatic carbocycles. The van der Waals surface area contributed by atoms with Gasteiger partial charge in [0, 0.05) is 24.5 Å². The van der Waals surface area contributed by atoms with Gasteiger partial charge >= 0.3 is 0 Å². The smallest absolute Gasteiger partial charge is 0.240 e. The molecule has 1 amide bonds. The zero-order valence-electron chi connectivity index (χ0n) is 14.4. The van der Waals surface area contributed by atoms with E-state index in [0.29, 0.717) is 29.4 Å². The number of sulfonamides is 1. The molecular weight excluding hydrogens is 392 g/mol. The highest BCUT2D eigenvalue weighted by Gasteiger charge is 2.15. The summed E-state index contributed by atoms with van der Waals surface area (Å²) >= 11 is 5.81. The number of rotatable bonds is 8. The van der Waals surface area contributed by atoms with Crippen molar-refractivity contribution >= 4 is 27.5 Å². The highest BCUT2D eigenvalue weighted by Crippen LogP contribution is 2.32. The average molecular weight is 411 g/mol. The third kappa shape index (κ3) is 5.35. The number of carbonyl (C=O) groups excluding carboxylic acids is 1. The Bertz CT molecular complexity index is 933. The van der Waals surface area contributed by atoms with Crippen LogP contribution in [0.4, 0.5) is 0 Å². The van der Waals surface area contributed by atoms with E-state index in [0.717, 1.165) is 5.56 Å². The Morgan fingerprint density at radius 2 is 1.89 bits per heavy atom. The molecule has 27 heavy (non-hydrogen) atoms. The maximum absolute atomic E-state index is 12.1. The Balaban J connectivity index is 1.39. The Kier molecular flexibility index (Phi) is 6.20. The summed E-state index contributed by atoms with van der Waals surface area (Å²) in [4.78, 5) is 12.0. The first-order valence-corrected chi connectivity index (χ1v) is 10.2. The van der Waals surface area contributed by atoms with E-state index in [1.165, 1.54) is 12.1 Å². The van der Waals surface area contributed by atoms with Crippen molar-refractivity contribution in [3.63, 3.8) is 0 Å². The van der Waals surface area contributed by atoms with Gasteiger partial charge in [-0.3, -0.25) is 4.79 Å².